The molecule has 2 aromatic heterocycles. The number of hydrogen-bond acceptors (Lipinski definition) is 3. The largest absolute Gasteiger partial charge is 0.398 e. The maximum atomic E-state index is 6.28. The van der Waals surface area contributed by atoms with Crippen molar-refractivity contribution >= 4 is 16.7 Å². The second-order valence-electron chi connectivity index (χ2n) is 4.91. The van der Waals surface area contributed by atoms with Crippen LogP contribution in [0.4, 0.5) is 5.69 Å². The fourth-order valence-electron chi connectivity index (χ4n) is 3.39. The predicted molar refractivity (Wildman–Crippen MR) is 63.3 cm³/mol. The van der Waals surface area contributed by atoms with Crippen LogP contribution in [-0.4, -0.2) is 9.97 Å². The Hall–Kier alpha value is -1.64. The number of nitrogens with zero attached hydrogens (tertiary/aromatic N) is 2. The van der Waals surface area contributed by atoms with Crippen LogP contribution < -0.4 is 5.73 Å². The van der Waals surface area contributed by atoms with E-state index in [2.05, 4.69) is 4.98 Å². The molecule has 0 amide bonds. The molecule has 0 spiro atoms. The first-order valence-electron chi connectivity index (χ1n) is 5.88. The minimum Gasteiger partial charge on any atom is -0.398 e. The van der Waals surface area contributed by atoms with Crippen LogP contribution in [0.5, 0.6) is 0 Å². The summed E-state index contributed by atoms with van der Waals surface area (Å²) in [5.41, 5.74) is 10.6. The zero-order valence-electron chi connectivity index (χ0n) is 8.98. The molecule has 4 rings (SSSR count). The van der Waals surface area contributed by atoms with E-state index in [4.69, 9.17) is 10.7 Å². The molecule has 0 aliphatic heterocycles. The second kappa shape index (κ2) is 2.73. The van der Waals surface area contributed by atoms with Crippen LogP contribution in [-0.2, 0) is 0 Å². The lowest BCUT2D eigenvalue weighted by Crippen LogP contribution is -2.06. The number of nitrogen functional groups attached to an aromatic ring is 1. The van der Waals surface area contributed by atoms with Crippen LogP contribution in [0.1, 0.15) is 42.4 Å². The molecule has 2 atom stereocenters. The number of rotatable bonds is 0. The van der Waals surface area contributed by atoms with Gasteiger partial charge in [-0.15, -0.1) is 0 Å². The van der Waals surface area contributed by atoms with Crippen LogP contribution in [0.3, 0.4) is 0 Å². The molecular weight excluding hydrogens is 198 g/mol. The van der Waals surface area contributed by atoms with Crippen molar-refractivity contribution in [3.63, 3.8) is 0 Å². The Bertz CT molecular complexity index is 591. The summed E-state index contributed by atoms with van der Waals surface area (Å²) < 4.78 is 0. The lowest BCUT2D eigenvalue weighted by atomic mass is 9.93. The standard InChI is InChI=1S/C13H13N3/c14-11-9-2-1-5-15-13(9)16-12-8-4-3-7(6-8)10(11)12/h1-2,5,7-8H,3-4,6H2,(H2,14,15,16). The average molecular weight is 211 g/mol. The normalized spacial score (nSPS) is 26.2. The summed E-state index contributed by atoms with van der Waals surface area (Å²) in [6, 6.07) is 3.96. The Kier molecular flexibility index (Phi) is 1.45. The van der Waals surface area contributed by atoms with Crippen LogP contribution >= 0.6 is 0 Å². The van der Waals surface area contributed by atoms with E-state index in [-0.39, 0.29) is 0 Å². The average Bonchev–Trinajstić information content (AvgIpc) is 2.90. The summed E-state index contributed by atoms with van der Waals surface area (Å²) in [5, 5.41) is 1.02. The van der Waals surface area contributed by atoms with Gasteiger partial charge >= 0.3 is 0 Å². The van der Waals surface area contributed by atoms with Crippen molar-refractivity contribution in [2.24, 2.45) is 0 Å². The third-order valence-electron chi connectivity index (χ3n) is 4.10. The molecule has 1 saturated carbocycles. The Morgan fingerprint density at radius 3 is 3.06 bits per heavy atom. The van der Waals surface area contributed by atoms with Crippen molar-refractivity contribution in [2.75, 3.05) is 5.73 Å². The molecule has 2 bridgehead atoms. The SMILES string of the molecule is Nc1c2c(nc3ncccc13)C1CCC2C1. The van der Waals surface area contributed by atoms with E-state index in [0.717, 1.165) is 16.7 Å². The third-order valence-corrected chi connectivity index (χ3v) is 4.10. The summed E-state index contributed by atoms with van der Waals surface area (Å²) >= 11 is 0. The van der Waals surface area contributed by atoms with Crippen LogP contribution in [0, 0.1) is 0 Å². The molecule has 1 fully saturated rings. The monoisotopic (exact) mass is 211 g/mol. The van der Waals surface area contributed by atoms with Gasteiger partial charge in [-0.25, -0.2) is 9.97 Å². The Morgan fingerprint density at radius 2 is 2.12 bits per heavy atom. The molecule has 16 heavy (non-hydrogen) atoms. The van der Waals surface area contributed by atoms with Gasteiger partial charge in [0.05, 0.1) is 5.69 Å². The smallest absolute Gasteiger partial charge is 0.161 e. The molecule has 0 saturated heterocycles. The highest BCUT2D eigenvalue weighted by Gasteiger charge is 2.40. The minimum absolute atomic E-state index is 0.647. The van der Waals surface area contributed by atoms with Crippen LogP contribution in [0.25, 0.3) is 11.0 Å². The van der Waals surface area contributed by atoms with Crippen molar-refractivity contribution in [1.82, 2.24) is 9.97 Å². The molecule has 80 valence electrons. The molecule has 0 aromatic carbocycles. The van der Waals surface area contributed by atoms with Gasteiger partial charge in [-0.3, -0.25) is 0 Å². The first-order chi connectivity index (χ1) is 7.84. The fourth-order valence-corrected chi connectivity index (χ4v) is 3.39. The molecule has 2 heterocycles. The number of nitrogens with two attached hydrogens (primary N) is 1. The predicted octanol–water partition coefficient (Wildman–Crippen LogP) is 2.58. The van der Waals surface area contributed by atoms with E-state index in [0.29, 0.717) is 11.8 Å². The van der Waals surface area contributed by atoms with E-state index >= 15 is 0 Å². The van der Waals surface area contributed by atoms with Gasteiger partial charge in [-0.2, -0.15) is 0 Å². The highest BCUT2D eigenvalue weighted by molar-refractivity contribution is 5.90. The summed E-state index contributed by atoms with van der Waals surface area (Å²) in [6.45, 7) is 0. The van der Waals surface area contributed by atoms with Gasteiger partial charge in [0, 0.05) is 28.8 Å². The molecule has 2 aliphatic rings. The Labute approximate surface area is 93.7 Å². The van der Waals surface area contributed by atoms with Crippen molar-refractivity contribution in [3.8, 4) is 0 Å². The molecule has 2 aromatic rings. The van der Waals surface area contributed by atoms with Gasteiger partial charge in [0.1, 0.15) is 0 Å². The number of anilines is 1. The highest BCUT2D eigenvalue weighted by Crippen LogP contribution is 2.54. The van der Waals surface area contributed by atoms with Crippen molar-refractivity contribution < 1.29 is 0 Å². The maximum absolute atomic E-state index is 6.28. The van der Waals surface area contributed by atoms with Crippen molar-refractivity contribution in [2.45, 2.75) is 31.1 Å². The molecule has 3 heteroatoms. The first-order valence-corrected chi connectivity index (χ1v) is 5.88. The van der Waals surface area contributed by atoms with Gasteiger partial charge in [0.25, 0.3) is 0 Å². The lowest BCUT2D eigenvalue weighted by molar-refractivity contribution is 0.701. The maximum Gasteiger partial charge on any atom is 0.161 e. The second-order valence-corrected chi connectivity index (χ2v) is 4.91. The topological polar surface area (TPSA) is 51.8 Å². The van der Waals surface area contributed by atoms with Gasteiger partial charge in [0.15, 0.2) is 5.65 Å². The quantitative estimate of drug-likeness (QED) is 0.728. The van der Waals surface area contributed by atoms with Gasteiger partial charge < -0.3 is 5.73 Å². The molecule has 2 unspecified atom stereocenters. The van der Waals surface area contributed by atoms with Gasteiger partial charge in [-0.1, -0.05) is 0 Å². The van der Waals surface area contributed by atoms with Crippen LogP contribution in [0.2, 0.25) is 0 Å². The summed E-state index contributed by atoms with van der Waals surface area (Å²) in [6.07, 6.45) is 5.61. The number of aromatic nitrogens is 2. The van der Waals surface area contributed by atoms with Crippen LogP contribution in [0.15, 0.2) is 18.3 Å². The van der Waals surface area contributed by atoms with E-state index in [1.165, 1.54) is 30.5 Å². The lowest BCUT2D eigenvalue weighted by Gasteiger charge is -2.17. The molecule has 2 aliphatic carbocycles. The van der Waals surface area contributed by atoms with Crippen molar-refractivity contribution in [3.05, 3.63) is 29.6 Å². The molecule has 3 nitrogen and oxygen atoms in total. The third kappa shape index (κ3) is 0.889. The zero-order chi connectivity index (χ0) is 10.7. The van der Waals surface area contributed by atoms with Gasteiger partial charge in [-0.05, 0) is 37.3 Å². The summed E-state index contributed by atoms with van der Waals surface area (Å²) in [5.74, 6) is 1.31. The zero-order valence-corrected chi connectivity index (χ0v) is 8.98. The fraction of sp³-hybridized carbons (Fsp3) is 0.385. The minimum atomic E-state index is 0.647. The van der Waals surface area contributed by atoms with E-state index in [1.807, 2.05) is 12.1 Å². The summed E-state index contributed by atoms with van der Waals surface area (Å²) in [7, 11) is 0. The summed E-state index contributed by atoms with van der Waals surface area (Å²) in [4.78, 5) is 9.02. The van der Waals surface area contributed by atoms with Crippen molar-refractivity contribution in [1.29, 1.82) is 0 Å². The number of pyridine rings is 2. The molecule has 0 radical (unpaired) electrons. The number of hydrogen-bond donors (Lipinski definition) is 1. The molecule has 2 N–H and O–H groups in total. The van der Waals surface area contributed by atoms with Gasteiger partial charge in [0.2, 0.25) is 0 Å². The Morgan fingerprint density at radius 1 is 1.25 bits per heavy atom. The van der Waals surface area contributed by atoms with E-state index in [1.54, 1.807) is 6.20 Å². The Balaban J connectivity index is 2.13. The van der Waals surface area contributed by atoms with E-state index < -0.39 is 0 Å². The van der Waals surface area contributed by atoms with E-state index in [9.17, 15) is 0 Å². The number of fused-ring (bicyclic) bond motifs is 6. The molecular formula is C13H13N3. The highest BCUT2D eigenvalue weighted by atomic mass is 14.9. The first kappa shape index (κ1) is 8.50.